The number of benzene rings is 4. The average molecular weight is 1040 g/mol. The maximum absolute atomic E-state index is 15.2. The van der Waals surface area contributed by atoms with E-state index in [4.69, 9.17) is 31.3 Å². The van der Waals surface area contributed by atoms with Gasteiger partial charge in [-0.3, -0.25) is 4.79 Å². The summed E-state index contributed by atoms with van der Waals surface area (Å²) < 4.78 is 97.7. The quantitative estimate of drug-likeness (QED) is 0.0279. The molecule has 1 aromatic heterocycles. The first-order valence-electron chi connectivity index (χ1n) is 17.8. The Morgan fingerprint density at radius 3 is 2.32 bits per heavy atom. The van der Waals surface area contributed by atoms with Gasteiger partial charge in [0.2, 0.25) is 0 Å². The van der Waals surface area contributed by atoms with Crippen molar-refractivity contribution in [3.63, 3.8) is 0 Å². The predicted octanol–water partition coefficient (Wildman–Crippen LogP) is 8.28. The number of methoxy groups -OCH3 is 1. The van der Waals surface area contributed by atoms with Crippen LogP contribution in [-0.2, 0) is 21.6 Å². The van der Waals surface area contributed by atoms with Crippen molar-refractivity contribution in [3.05, 3.63) is 102 Å². The molecule has 0 aliphatic heterocycles. The Morgan fingerprint density at radius 2 is 1.71 bits per heavy atom. The van der Waals surface area contributed by atoms with Crippen LogP contribution in [-0.4, -0.2) is 83.5 Å². The largest absolute Gasteiger partial charge is 0.496 e. The highest BCUT2D eigenvalue weighted by Crippen LogP contribution is 2.54. The summed E-state index contributed by atoms with van der Waals surface area (Å²) in [6.45, 7) is 0.238. The van der Waals surface area contributed by atoms with E-state index in [0.29, 0.717) is 19.8 Å². The van der Waals surface area contributed by atoms with Crippen LogP contribution in [0.25, 0.3) is 11.0 Å². The highest BCUT2D eigenvalue weighted by molar-refractivity contribution is 14.1. The number of hydrogen-bond donors (Lipinski definition) is 5. The lowest BCUT2D eigenvalue weighted by atomic mass is 10.1. The minimum Gasteiger partial charge on any atom is -0.496 e. The molecule has 1 aliphatic rings. The summed E-state index contributed by atoms with van der Waals surface area (Å²) in [6.07, 6.45) is 0.580. The minimum atomic E-state index is -4.05. The normalized spacial score (nSPS) is 14.3. The molecule has 0 saturated heterocycles. The molecule has 0 radical (unpaired) electrons. The standard InChI is InChI=1S/C21H23F3INO5S.C18H16BrClFN3O3/c1-11(32(29,30)21(5-6-21)9-13(28)10-27)18-17(31-2)8-15(23)19(24)20(18)26-16-4-3-12(25)7-14(16)22;1-24-9-22-18-14(24)7-11(15(26)8-27-5-4-25)17(16(18)21)23-13-3-2-10(19)6-12(13)20/h3-4,7-8,11,13,26-28H,5-6,9-10H2,1-2H3;2-3,6-7,9,23,25H,4-5,8H2,1H3/t11?,13-;/m0./s1. The smallest absolute Gasteiger partial charge is 0.190 e. The van der Waals surface area contributed by atoms with Gasteiger partial charge < -0.3 is 40.0 Å². The number of hydrogen-bond acceptors (Lipinski definition) is 11. The van der Waals surface area contributed by atoms with Crippen molar-refractivity contribution in [1.29, 1.82) is 0 Å². The van der Waals surface area contributed by atoms with Crippen LogP contribution in [0.3, 0.4) is 0 Å². The van der Waals surface area contributed by atoms with Gasteiger partial charge in [0.25, 0.3) is 0 Å². The van der Waals surface area contributed by atoms with E-state index in [1.165, 1.54) is 32.5 Å². The van der Waals surface area contributed by atoms with Gasteiger partial charge in [0.15, 0.2) is 33.1 Å². The van der Waals surface area contributed by atoms with Crippen LogP contribution in [0.4, 0.5) is 40.3 Å². The molecular weight excluding hydrogens is 1000 g/mol. The first-order chi connectivity index (χ1) is 27.9. The van der Waals surface area contributed by atoms with E-state index >= 15 is 4.39 Å². The van der Waals surface area contributed by atoms with Crippen LogP contribution >= 0.6 is 50.1 Å². The summed E-state index contributed by atoms with van der Waals surface area (Å²) in [7, 11) is -1.15. The summed E-state index contributed by atoms with van der Waals surface area (Å²) in [5.74, 6) is -4.70. The van der Waals surface area contributed by atoms with Crippen molar-refractivity contribution in [2.24, 2.45) is 7.05 Å². The van der Waals surface area contributed by atoms with Crippen LogP contribution in [0.5, 0.6) is 5.75 Å². The number of carbonyl (C=O) groups is 1. The molecule has 1 saturated carbocycles. The lowest BCUT2D eigenvalue weighted by Gasteiger charge is -2.27. The number of imidazole rings is 1. The summed E-state index contributed by atoms with van der Waals surface area (Å²) >= 11 is 11.4. The van der Waals surface area contributed by atoms with Crippen molar-refractivity contribution >= 4 is 99.5 Å². The molecule has 318 valence electrons. The molecule has 6 rings (SSSR count). The molecule has 4 aromatic carbocycles. The third-order valence-corrected chi connectivity index (χ3v) is 14.1. The van der Waals surface area contributed by atoms with E-state index < -0.39 is 67.3 Å². The number of nitrogens with one attached hydrogen (secondary N) is 2. The molecular formula is C39H39BrClF4IN4O8S. The number of aliphatic hydroxyl groups excluding tert-OH is 3. The topological polar surface area (TPSA) is 172 Å². The van der Waals surface area contributed by atoms with Gasteiger partial charge in [-0.05, 0) is 91.2 Å². The molecule has 20 heteroatoms. The third-order valence-electron chi connectivity index (χ3n) is 9.65. The summed E-state index contributed by atoms with van der Waals surface area (Å²) in [5.41, 5.74) is 0.250. The maximum Gasteiger partial charge on any atom is 0.190 e. The highest BCUT2D eigenvalue weighted by atomic mass is 127. The molecule has 0 spiro atoms. The monoisotopic (exact) mass is 1040 g/mol. The molecule has 0 bridgehead atoms. The zero-order valence-corrected chi connectivity index (χ0v) is 36.9. The average Bonchev–Trinajstić information content (AvgIpc) is 3.90. The zero-order chi connectivity index (χ0) is 43.4. The van der Waals surface area contributed by atoms with Crippen molar-refractivity contribution in [2.75, 3.05) is 44.2 Å². The van der Waals surface area contributed by atoms with E-state index in [2.05, 4.69) is 31.5 Å². The number of halogens is 7. The van der Waals surface area contributed by atoms with E-state index in [1.807, 2.05) is 22.6 Å². The van der Waals surface area contributed by atoms with E-state index in [9.17, 15) is 31.5 Å². The first kappa shape index (κ1) is 46.5. The van der Waals surface area contributed by atoms with Crippen molar-refractivity contribution in [3.8, 4) is 5.75 Å². The fourth-order valence-corrected chi connectivity index (χ4v) is 9.97. The molecule has 5 aromatic rings. The lowest BCUT2D eigenvalue weighted by molar-refractivity contribution is 0.0664. The molecule has 1 aliphatic carbocycles. The van der Waals surface area contributed by atoms with Crippen molar-refractivity contribution < 1.29 is 55.6 Å². The van der Waals surface area contributed by atoms with Gasteiger partial charge in [-0.2, -0.15) is 0 Å². The van der Waals surface area contributed by atoms with Crippen LogP contribution < -0.4 is 15.4 Å². The van der Waals surface area contributed by atoms with E-state index in [0.717, 1.165) is 10.5 Å². The van der Waals surface area contributed by atoms with Crippen molar-refractivity contribution in [2.45, 2.75) is 42.3 Å². The molecule has 2 atom stereocenters. The Morgan fingerprint density at radius 1 is 1.03 bits per heavy atom. The lowest BCUT2D eigenvalue weighted by Crippen LogP contribution is -2.33. The molecule has 59 heavy (non-hydrogen) atoms. The van der Waals surface area contributed by atoms with E-state index in [-0.39, 0.29) is 72.9 Å². The molecule has 1 unspecified atom stereocenters. The number of Topliss-reactive ketones (excluding diaryl/α,β-unsaturated/α-hetero) is 1. The van der Waals surface area contributed by atoms with Crippen LogP contribution in [0.15, 0.2) is 59.3 Å². The number of sulfone groups is 1. The number of nitrogens with zero attached hydrogens (tertiary/aromatic N) is 2. The van der Waals surface area contributed by atoms with Gasteiger partial charge in [0.05, 0.1) is 82.6 Å². The fourth-order valence-electron chi connectivity index (χ4n) is 6.40. The second kappa shape index (κ2) is 19.4. The predicted molar refractivity (Wildman–Crippen MR) is 228 cm³/mol. The van der Waals surface area contributed by atoms with Gasteiger partial charge in [-0.1, -0.05) is 27.5 Å². The molecule has 5 N–H and O–H groups in total. The Balaban J connectivity index is 0.000000227. The SMILES string of the molecule is COc1cc(F)c(F)c(Nc2ccc(I)cc2F)c1C(C)S(=O)(=O)C1(C[C@H](O)CO)CC1.Cn1cnc2c(F)c(Nc3ccc(Br)cc3Cl)c(C(=O)COCCO)cc21. The number of anilines is 4. The number of aryl methyl sites for hydroxylation is 1. The van der Waals surface area contributed by atoms with Gasteiger partial charge in [-0.15, -0.1) is 0 Å². The van der Waals surface area contributed by atoms with E-state index in [1.54, 1.807) is 41.9 Å². The van der Waals surface area contributed by atoms with Crippen LogP contribution in [0, 0.1) is 26.8 Å². The third kappa shape index (κ3) is 10.1. The molecule has 1 fully saturated rings. The second-order valence-corrected chi connectivity index (χ2v) is 18.8. The number of aromatic nitrogens is 2. The summed E-state index contributed by atoms with van der Waals surface area (Å²) in [6, 6.07) is 11.5. The number of rotatable bonds is 16. The number of ketones is 1. The zero-order valence-electron chi connectivity index (χ0n) is 31.6. The fraction of sp³-hybridized carbons (Fsp3) is 0.333. The Labute approximate surface area is 364 Å². The van der Waals surface area contributed by atoms with Gasteiger partial charge in [0.1, 0.15) is 23.7 Å². The number of ether oxygens (including phenoxy) is 2. The number of aliphatic hydroxyl groups is 3. The summed E-state index contributed by atoms with van der Waals surface area (Å²) in [5, 5.41) is 32.2. The minimum absolute atomic E-state index is 0.0173. The van der Waals surface area contributed by atoms with Gasteiger partial charge in [0, 0.05) is 32.3 Å². The Kier molecular flexibility index (Phi) is 15.3. The maximum atomic E-state index is 15.2. The molecule has 0 amide bonds. The first-order valence-corrected chi connectivity index (χ1v) is 21.6. The van der Waals surface area contributed by atoms with Gasteiger partial charge in [-0.25, -0.2) is 31.0 Å². The number of carbonyl (C=O) groups excluding carboxylic acids is 1. The molecule has 1 heterocycles. The number of fused-ring (bicyclic) bond motifs is 1. The Bertz CT molecular complexity index is 2480. The highest BCUT2D eigenvalue weighted by Gasteiger charge is 2.57. The Hall–Kier alpha value is -3.57. The van der Waals surface area contributed by atoms with Crippen LogP contribution in [0.1, 0.15) is 47.4 Å². The van der Waals surface area contributed by atoms with Crippen LogP contribution in [0.2, 0.25) is 5.02 Å². The van der Waals surface area contributed by atoms with Crippen molar-refractivity contribution in [1.82, 2.24) is 9.55 Å². The molecule has 12 nitrogen and oxygen atoms in total. The van der Waals surface area contributed by atoms with Gasteiger partial charge >= 0.3 is 0 Å². The summed E-state index contributed by atoms with van der Waals surface area (Å²) in [4.78, 5) is 16.7. The second-order valence-electron chi connectivity index (χ2n) is 13.6.